The Kier molecular flexibility index (Phi) is 3.78. The van der Waals surface area contributed by atoms with Gasteiger partial charge in [-0.15, -0.1) is 0 Å². The summed E-state index contributed by atoms with van der Waals surface area (Å²) in [6.45, 7) is 4.06. The van der Waals surface area contributed by atoms with Crippen molar-refractivity contribution in [2.75, 3.05) is 19.6 Å². The molecule has 18 heavy (non-hydrogen) atoms. The van der Waals surface area contributed by atoms with Gasteiger partial charge >= 0.3 is 12.0 Å². The van der Waals surface area contributed by atoms with Crippen LogP contribution in [0.15, 0.2) is 0 Å². The predicted octanol–water partition coefficient (Wildman–Crippen LogP) is 1.68. The maximum atomic E-state index is 12.0. The van der Waals surface area contributed by atoms with E-state index in [0.29, 0.717) is 18.8 Å². The van der Waals surface area contributed by atoms with Crippen LogP contribution in [0.2, 0.25) is 0 Å². The number of carboxylic acids is 1. The van der Waals surface area contributed by atoms with Crippen molar-refractivity contribution in [2.45, 2.75) is 39.0 Å². The van der Waals surface area contributed by atoms with E-state index in [9.17, 15) is 9.59 Å². The number of amides is 2. The van der Waals surface area contributed by atoms with Crippen LogP contribution in [0.3, 0.4) is 0 Å². The van der Waals surface area contributed by atoms with Gasteiger partial charge in [0.05, 0.1) is 5.41 Å². The van der Waals surface area contributed by atoms with E-state index in [2.05, 4.69) is 12.2 Å². The summed E-state index contributed by atoms with van der Waals surface area (Å²) in [5.41, 5.74) is -0.672. The average Bonchev–Trinajstić information content (AvgIpc) is 3.11. The summed E-state index contributed by atoms with van der Waals surface area (Å²) in [7, 11) is 0. The van der Waals surface area contributed by atoms with Crippen molar-refractivity contribution in [1.29, 1.82) is 0 Å². The predicted molar refractivity (Wildman–Crippen MR) is 67.3 cm³/mol. The molecule has 2 rings (SSSR count). The lowest BCUT2D eigenvalue weighted by Crippen LogP contribution is -2.44. The quantitative estimate of drug-likeness (QED) is 0.805. The number of carbonyl (C=O) groups is 2. The second-order valence-electron chi connectivity index (χ2n) is 5.77. The molecule has 1 aliphatic heterocycles. The zero-order chi connectivity index (χ0) is 13.2. The van der Waals surface area contributed by atoms with Gasteiger partial charge in [-0.3, -0.25) is 4.79 Å². The Labute approximate surface area is 108 Å². The molecule has 0 bridgehead atoms. The molecule has 2 fully saturated rings. The molecule has 2 aliphatic rings. The van der Waals surface area contributed by atoms with Gasteiger partial charge in [0.2, 0.25) is 0 Å². The second kappa shape index (κ2) is 5.16. The third kappa shape index (κ3) is 2.94. The van der Waals surface area contributed by atoms with Crippen molar-refractivity contribution < 1.29 is 14.7 Å². The van der Waals surface area contributed by atoms with Gasteiger partial charge < -0.3 is 15.3 Å². The number of carboxylic acid groups (broad SMARTS) is 1. The molecule has 0 spiro atoms. The van der Waals surface area contributed by atoms with E-state index in [1.165, 1.54) is 6.42 Å². The molecule has 2 amide bonds. The Morgan fingerprint density at radius 3 is 2.67 bits per heavy atom. The number of urea groups is 1. The molecule has 2 N–H and O–H groups in total. The van der Waals surface area contributed by atoms with Crippen molar-refractivity contribution in [3.63, 3.8) is 0 Å². The molecule has 0 radical (unpaired) electrons. The highest BCUT2D eigenvalue weighted by Crippen LogP contribution is 2.45. The van der Waals surface area contributed by atoms with Gasteiger partial charge in [-0.1, -0.05) is 6.92 Å². The van der Waals surface area contributed by atoms with Gasteiger partial charge in [0.1, 0.15) is 0 Å². The lowest BCUT2D eigenvalue weighted by atomic mass is 10.0. The lowest BCUT2D eigenvalue weighted by Gasteiger charge is -2.22. The second-order valence-corrected chi connectivity index (χ2v) is 5.77. The number of likely N-dealkylation sites (tertiary alicyclic amines) is 1. The SMILES string of the molecule is CC1CCCN(C(=O)NCC2(C(=O)O)CC2)CC1. The van der Waals surface area contributed by atoms with E-state index in [1.807, 2.05) is 4.90 Å². The van der Waals surface area contributed by atoms with E-state index in [4.69, 9.17) is 5.11 Å². The monoisotopic (exact) mass is 254 g/mol. The van der Waals surface area contributed by atoms with Crippen molar-refractivity contribution in [3.8, 4) is 0 Å². The van der Waals surface area contributed by atoms with E-state index in [-0.39, 0.29) is 12.6 Å². The van der Waals surface area contributed by atoms with E-state index < -0.39 is 11.4 Å². The number of hydrogen-bond donors (Lipinski definition) is 2. The van der Waals surface area contributed by atoms with Crippen molar-refractivity contribution >= 4 is 12.0 Å². The largest absolute Gasteiger partial charge is 0.481 e. The zero-order valence-corrected chi connectivity index (χ0v) is 10.9. The maximum absolute atomic E-state index is 12.0. The smallest absolute Gasteiger partial charge is 0.317 e. The zero-order valence-electron chi connectivity index (χ0n) is 10.9. The first-order valence-electron chi connectivity index (χ1n) is 6.80. The van der Waals surface area contributed by atoms with Crippen molar-refractivity contribution in [3.05, 3.63) is 0 Å². The number of nitrogens with zero attached hydrogens (tertiary/aromatic N) is 1. The molecule has 1 heterocycles. The number of rotatable bonds is 3. The summed E-state index contributed by atoms with van der Waals surface area (Å²) in [6.07, 6.45) is 4.61. The minimum Gasteiger partial charge on any atom is -0.481 e. The van der Waals surface area contributed by atoms with Crippen molar-refractivity contribution in [2.24, 2.45) is 11.3 Å². The fraction of sp³-hybridized carbons (Fsp3) is 0.846. The fourth-order valence-electron chi connectivity index (χ4n) is 2.44. The standard InChI is InChI=1S/C13H22N2O3/c1-10-3-2-7-15(8-4-10)12(18)14-9-13(5-6-13)11(16)17/h10H,2-9H2,1H3,(H,14,18)(H,16,17). The minimum atomic E-state index is -0.785. The van der Waals surface area contributed by atoms with Crippen LogP contribution in [-0.2, 0) is 4.79 Å². The van der Waals surface area contributed by atoms with Gasteiger partial charge in [-0.05, 0) is 38.0 Å². The topological polar surface area (TPSA) is 69.6 Å². The van der Waals surface area contributed by atoms with Gasteiger partial charge in [-0.25, -0.2) is 4.79 Å². The number of carbonyl (C=O) groups excluding carboxylic acids is 1. The Morgan fingerprint density at radius 1 is 1.33 bits per heavy atom. The van der Waals surface area contributed by atoms with E-state index in [1.54, 1.807) is 0 Å². The Morgan fingerprint density at radius 2 is 2.06 bits per heavy atom. The van der Waals surface area contributed by atoms with Crippen molar-refractivity contribution in [1.82, 2.24) is 10.2 Å². The molecule has 1 saturated carbocycles. The Bertz CT molecular complexity index is 339. The molecule has 0 aromatic heterocycles. The van der Waals surface area contributed by atoms with Crippen LogP contribution in [0.25, 0.3) is 0 Å². The van der Waals surface area contributed by atoms with Gasteiger partial charge in [0.25, 0.3) is 0 Å². The van der Waals surface area contributed by atoms with Gasteiger partial charge in [0, 0.05) is 19.6 Å². The molecule has 1 aliphatic carbocycles. The van der Waals surface area contributed by atoms with Crippen LogP contribution in [0.4, 0.5) is 4.79 Å². The highest BCUT2D eigenvalue weighted by atomic mass is 16.4. The van der Waals surface area contributed by atoms with Crippen LogP contribution < -0.4 is 5.32 Å². The Balaban J connectivity index is 1.79. The molecule has 1 saturated heterocycles. The first kappa shape index (κ1) is 13.2. The maximum Gasteiger partial charge on any atom is 0.317 e. The summed E-state index contributed by atoms with van der Waals surface area (Å²) in [5, 5.41) is 11.8. The average molecular weight is 254 g/mol. The molecule has 0 aromatic rings. The van der Waals surface area contributed by atoms with Crippen LogP contribution in [0, 0.1) is 11.3 Å². The van der Waals surface area contributed by atoms with Crippen LogP contribution in [0.1, 0.15) is 39.0 Å². The lowest BCUT2D eigenvalue weighted by molar-refractivity contribution is -0.143. The minimum absolute atomic E-state index is 0.100. The summed E-state index contributed by atoms with van der Waals surface area (Å²) in [4.78, 5) is 24.8. The van der Waals surface area contributed by atoms with E-state index >= 15 is 0 Å². The van der Waals surface area contributed by atoms with Crippen LogP contribution >= 0.6 is 0 Å². The summed E-state index contributed by atoms with van der Waals surface area (Å²) >= 11 is 0. The number of aliphatic carboxylic acids is 1. The summed E-state index contributed by atoms with van der Waals surface area (Å²) in [5.74, 6) is -0.108. The summed E-state index contributed by atoms with van der Waals surface area (Å²) in [6, 6.07) is -0.100. The molecule has 102 valence electrons. The summed E-state index contributed by atoms with van der Waals surface area (Å²) < 4.78 is 0. The highest BCUT2D eigenvalue weighted by Gasteiger charge is 2.50. The first-order valence-corrected chi connectivity index (χ1v) is 6.80. The van der Waals surface area contributed by atoms with Gasteiger partial charge in [0.15, 0.2) is 0 Å². The number of nitrogens with one attached hydrogen (secondary N) is 1. The number of hydrogen-bond acceptors (Lipinski definition) is 2. The normalized spacial score (nSPS) is 26.3. The molecule has 1 atom stereocenters. The third-order valence-electron chi connectivity index (χ3n) is 4.19. The van der Waals surface area contributed by atoms with Crippen LogP contribution in [0.5, 0.6) is 0 Å². The molecule has 5 nitrogen and oxygen atoms in total. The third-order valence-corrected chi connectivity index (χ3v) is 4.19. The van der Waals surface area contributed by atoms with E-state index in [0.717, 1.165) is 25.9 Å². The molecular weight excluding hydrogens is 232 g/mol. The Hall–Kier alpha value is -1.26. The first-order chi connectivity index (χ1) is 8.53. The molecular formula is C13H22N2O3. The molecule has 0 aromatic carbocycles. The molecule has 5 heteroatoms. The highest BCUT2D eigenvalue weighted by molar-refractivity contribution is 5.80. The van der Waals surface area contributed by atoms with Crippen LogP contribution in [-0.4, -0.2) is 41.6 Å². The van der Waals surface area contributed by atoms with Gasteiger partial charge in [-0.2, -0.15) is 0 Å². The molecule has 1 unspecified atom stereocenters. The fourth-order valence-corrected chi connectivity index (χ4v) is 2.44.